The summed E-state index contributed by atoms with van der Waals surface area (Å²) >= 11 is 0. The zero-order valence-electron chi connectivity index (χ0n) is 21.0. The Kier molecular flexibility index (Phi) is 23.8. The van der Waals surface area contributed by atoms with E-state index in [9.17, 15) is 9.59 Å². The third kappa shape index (κ3) is 24.3. The highest BCUT2D eigenvalue weighted by Gasteiger charge is 2.00. The molecule has 0 atom stereocenters. The minimum absolute atomic E-state index is 0.161. The number of hydrogen-bond donors (Lipinski definition) is 2. The molecule has 0 aromatic heterocycles. The van der Waals surface area contributed by atoms with Crippen LogP contribution >= 0.6 is 0 Å². The molecule has 2 amide bonds. The van der Waals surface area contributed by atoms with E-state index in [1.165, 1.54) is 51.4 Å². The molecule has 0 radical (unpaired) electrons. The van der Waals surface area contributed by atoms with E-state index in [0.717, 1.165) is 64.5 Å². The van der Waals surface area contributed by atoms with Gasteiger partial charge in [-0.15, -0.1) is 0 Å². The molecule has 0 aromatic rings. The van der Waals surface area contributed by atoms with E-state index in [2.05, 4.69) is 48.2 Å². The molecule has 32 heavy (non-hydrogen) atoms. The van der Waals surface area contributed by atoms with Gasteiger partial charge in [-0.2, -0.15) is 0 Å². The van der Waals surface area contributed by atoms with Crippen LogP contribution in [0.15, 0.2) is 0 Å². The summed E-state index contributed by atoms with van der Waals surface area (Å²) in [6.07, 6.45) is 18.6. The van der Waals surface area contributed by atoms with E-state index >= 15 is 0 Å². The summed E-state index contributed by atoms with van der Waals surface area (Å²) in [5.74, 6) is 12.2. The van der Waals surface area contributed by atoms with Gasteiger partial charge >= 0.3 is 0 Å². The predicted molar refractivity (Wildman–Crippen MR) is 136 cm³/mol. The summed E-state index contributed by atoms with van der Waals surface area (Å²) in [4.78, 5) is 23.5. The molecule has 0 aliphatic rings. The van der Waals surface area contributed by atoms with Crippen LogP contribution in [0, 0.1) is 23.7 Å². The monoisotopic (exact) mass is 444 g/mol. The molecule has 0 rings (SSSR count). The van der Waals surface area contributed by atoms with E-state index in [-0.39, 0.29) is 11.8 Å². The molecular formula is C28H48N2O2. The Morgan fingerprint density at radius 2 is 0.938 bits per heavy atom. The first-order valence-corrected chi connectivity index (χ1v) is 13.2. The first-order chi connectivity index (χ1) is 15.7. The highest BCUT2D eigenvalue weighted by Crippen LogP contribution is 2.03. The standard InChI is InChI=1S/C28H48N2O2/c1-3-5-7-17-21-25-29-27(31)23-19-15-13-11-9-10-12-14-16-20-24-28(32)30-26-22-18-8-6-4-2/h3-8,13-26H2,1-2H3,(H,29,31)(H,30,32). The molecule has 2 N–H and O–H groups in total. The largest absolute Gasteiger partial charge is 0.356 e. The fourth-order valence-electron chi connectivity index (χ4n) is 3.30. The van der Waals surface area contributed by atoms with Gasteiger partial charge in [-0.25, -0.2) is 0 Å². The summed E-state index contributed by atoms with van der Waals surface area (Å²) in [7, 11) is 0. The molecule has 182 valence electrons. The molecular weight excluding hydrogens is 396 g/mol. The summed E-state index contributed by atoms with van der Waals surface area (Å²) in [5, 5.41) is 6.00. The van der Waals surface area contributed by atoms with Gasteiger partial charge in [-0.1, -0.05) is 77.1 Å². The number of carbonyl (C=O) groups is 2. The quantitative estimate of drug-likeness (QED) is 0.171. The molecule has 0 heterocycles. The highest BCUT2D eigenvalue weighted by molar-refractivity contribution is 5.76. The Morgan fingerprint density at radius 1 is 0.531 bits per heavy atom. The fraction of sp³-hybridized carbons (Fsp3) is 0.786. The fourth-order valence-corrected chi connectivity index (χ4v) is 3.30. The van der Waals surface area contributed by atoms with Gasteiger partial charge in [-0.3, -0.25) is 9.59 Å². The smallest absolute Gasteiger partial charge is 0.219 e. The summed E-state index contributed by atoms with van der Waals surface area (Å²) in [6.45, 7) is 6.03. The lowest BCUT2D eigenvalue weighted by Crippen LogP contribution is -2.23. The molecule has 4 heteroatoms. The number of nitrogens with one attached hydrogen (secondary N) is 2. The molecule has 4 nitrogen and oxygen atoms in total. The SMILES string of the molecule is CCCCCCCNC(=O)CCCCC#CC#CCCCCC(=O)NCCCCCCC. The lowest BCUT2D eigenvalue weighted by molar-refractivity contribution is -0.122. The van der Waals surface area contributed by atoms with Crippen LogP contribution in [0.25, 0.3) is 0 Å². The Hall–Kier alpha value is -1.94. The average molecular weight is 445 g/mol. The lowest BCUT2D eigenvalue weighted by atomic mass is 10.1. The number of unbranched alkanes of at least 4 members (excludes halogenated alkanes) is 12. The summed E-state index contributed by atoms with van der Waals surface area (Å²) < 4.78 is 0. The van der Waals surface area contributed by atoms with Crippen LogP contribution in [0.3, 0.4) is 0 Å². The van der Waals surface area contributed by atoms with E-state index in [1.54, 1.807) is 0 Å². The predicted octanol–water partition coefficient (Wildman–Crippen LogP) is 6.29. The number of rotatable bonds is 20. The van der Waals surface area contributed by atoms with Crippen molar-refractivity contribution in [1.29, 1.82) is 0 Å². The molecule has 0 aromatic carbocycles. The first kappa shape index (κ1) is 30.1. The van der Waals surface area contributed by atoms with Gasteiger partial charge in [-0.05, 0) is 50.4 Å². The number of carbonyl (C=O) groups excluding carboxylic acids is 2. The average Bonchev–Trinajstić information content (AvgIpc) is 2.79. The molecule has 0 saturated heterocycles. The van der Waals surface area contributed by atoms with Crippen molar-refractivity contribution in [2.24, 2.45) is 0 Å². The number of amides is 2. The maximum absolute atomic E-state index is 11.7. The van der Waals surface area contributed by atoms with Crippen molar-refractivity contribution in [3.63, 3.8) is 0 Å². The van der Waals surface area contributed by atoms with E-state index in [1.807, 2.05) is 0 Å². The number of hydrogen-bond acceptors (Lipinski definition) is 2. The Balaban J connectivity index is 3.46. The second-order valence-corrected chi connectivity index (χ2v) is 8.55. The van der Waals surface area contributed by atoms with Gasteiger partial charge in [0, 0.05) is 38.8 Å². The van der Waals surface area contributed by atoms with Crippen LogP contribution in [-0.2, 0) is 9.59 Å². The van der Waals surface area contributed by atoms with Gasteiger partial charge in [0.1, 0.15) is 0 Å². The van der Waals surface area contributed by atoms with Gasteiger partial charge in [0.2, 0.25) is 11.8 Å². The van der Waals surface area contributed by atoms with Crippen molar-refractivity contribution in [2.45, 2.75) is 129 Å². The maximum Gasteiger partial charge on any atom is 0.219 e. The Bertz CT molecular complexity index is 526. The topological polar surface area (TPSA) is 58.2 Å². The minimum atomic E-state index is 0.161. The van der Waals surface area contributed by atoms with Crippen molar-refractivity contribution in [3.8, 4) is 23.7 Å². The van der Waals surface area contributed by atoms with Crippen molar-refractivity contribution < 1.29 is 9.59 Å². The van der Waals surface area contributed by atoms with Crippen LogP contribution in [0.4, 0.5) is 0 Å². The van der Waals surface area contributed by atoms with Crippen LogP contribution in [-0.4, -0.2) is 24.9 Å². The Morgan fingerprint density at radius 3 is 1.34 bits per heavy atom. The van der Waals surface area contributed by atoms with Crippen molar-refractivity contribution in [3.05, 3.63) is 0 Å². The molecule has 0 spiro atoms. The highest BCUT2D eigenvalue weighted by atomic mass is 16.2. The molecule has 0 fully saturated rings. The van der Waals surface area contributed by atoms with Crippen molar-refractivity contribution in [1.82, 2.24) is 10.6 Å². The van der Waals surface area contributed by atoms with Crippen LogP contribution in [0.5, 0.6) is 0 Å². The van der Waals surface area contributed by atoms with Crippen LogP contribution in [0.1, 0.15) is 129 Å². The van der Waals surface area contributed by atoms with E-state index in [4.69, 9.17) is 0 Å². The molecule has 0 aliphatic carbocycles. The van der Waals surface area contributed by atoms with E-state index < -0.39 is 0 Å². The van der Waals surface area contributed by atoms with Gasteiger partial charge in [0.25, 0.3) is 0 Å². The molecule has 0 aliphatic heterocycles. The zero-order chi connectivity index (χ0) is 23.5. The van der Waals surface area contributed by atoms with Crippen molar-refractivity contribution >= 4 is 11.8 Å². The maximum atomic E-state index is 11.7. The molecule has 0 unspecified atom stereocenters. The summed E-state index contributed by atoms with van der Waals surface area (Å²) in [5.41, 5.74) is 0. The zero-order valence-corrected chi connectivity index (χ0v) is 21.0. The normalized spacial score (nSPS) is 9.94. The molecule has 0 saturated carbocycles. The molecule has 0 bridgehead atoms. The first-order valence-electron chi connectivity index (χ1n) is 13.2. The lowest BCUT2D eigenvalue weighted by Gasteiger charge is -2.04. The van der Waals surface area contributed by atoms with Gasteiger partial charge in [0.15, 0.2) is 0 Å². The third-order valence-corrected chi connectivity index (χ3v) is 5.36. The van der Waals surface area contributed by atoms with Crippen LogP contribution < -0.4 is 10.6 Å². The Labute approximate surface area is 198 Å². The van der Waals surface area contributed by atoms with E-state index in [0.29, 0.717) is 12.8 Å². The van der Waals surface area contributed by atoms with Gasteiger partial charge in [0.05, 0.1) is 0 Å². The third-order valence-electron chi connectivity index (χ3n) is 5.36. The second kappa shape index (κ2) is 25.3. The summed E-state index contributed by atoms with van der Waals surface area (Å²) in [6, 6.07) is 0. The van der Waals surface area contributed by atoms with Gasteiger partial charge < -0.3 is 10.6 Å². The van der Waals surface area contributed by atoms with Crippen molar-refractivity contribution in [2.75, 3.05) is 13.1 Å². The minimum Gasteiger partial charge on any atom is -0.356 e. The van der Waals surface area contributed by atoms with Crippen LogP contribution in [0.2, 0.25) is 0 Å². The second-order valence-electron chi connectivity index (χ2n) is 8.55.